The third-order valence-corrected chi connectivity index (χ3v) is 4.47. The number of hydrogen-bond acceptors (Lipinski definition) is 4. The van der Waals surface area contributed by atoms with Gasteiger partial charge in [-0.3, -0.25) is 4.79 Å². The highest BCUT2D eigenvalue weighted by molar-refractivity contribution is 7.80. The lowest BCUT2D eigenvalue weighted by Crippen LogP contribution is -2.45. The van der Waals surface area contributed by atoms with Crippen LogP contribution in [0.5, 0.6) is 0 Å². The van der Waals surface area contributed by atoms with Crippen LogP contribution in [0.3, 0.4) is 0 Å². The maximum absolute atomic E-state index is 12.4. The van der Waals surface area contributed by atoms with E-state index in [0.29, 0.717) is 17.8 Å². The second-order valence-corrected chi connectivity index (χ2v) is 6.72. The molecule has 0 radical (unpaired) electrons. The van der Waals surface area contributed by atoms with Gasteiger partial charge in [-0.1, -0.05) is 36.6 Å². The van der Waals surface area contributed by atoms with Gasteiger partial charge in [0, 0.05) is 38.2 Å². The molecule has 1 unspecified atom stereocenters. The number of anilines is 1. The zero-order valence-corrected chi connectivity index (χ0v) is 14.1. The number of nitrogens with zero attached hydrogens (tertiary/aromatic N) is 1. The average molecular weight is 331 g/mol. The molecule has 2 heterocycles. The van der Waals surface area contributed by atoms with Crippen molar-refractivity contribution in [2.24, 2.45) is 0 Å². The molecule has 0 spiro atoms. The van der Waals surface area contributed by atoms with E-state index in [-0.39, 0.29) is 11.9 Å². The van der Waals surface area contributed by atoms with Crippen molar-refractivity contribution in [1.29, 1.82) is 0 Å². The highest BCUT2D eigenvalue weighted by atomic mass is 32.1. The van der Waals surface area contributed by atoms with Gasteiger partial charge in [-0.15, -0.1) is 0 Å². The van der Waals surface area contributed by atoms with Crippen molar-refractivity contribution in [3.63, 3.8) is 0 Å². The first kappa shape index (κ1) is 15.1. The van der Waals surface area contributed by atoms with Gasteiger partial charge in [-0.05, 0) is 23.3 Å². The van der Waals surface area contributed by atoms with Crippen LogP contribution in [-0.2, 0) is 4.79 Å². The molecule has 0 fully saturated rings. The van der Waals surface area contributed by atoms with Crippen molar-refractivity contribution in [1.82, 2.24) is 10.6 Å². The zero-order valence-electron chi connectivity index (χ0n) is 12.5. The second-order valence-electron chi connectivity index (χ2n) is 5.73. The van der Waals surface area contributed by atoms with Crippen molar-refractivity contribution in [2.75, 3.05) is 19.0 Å². The van der Waals surface area contributed by atoms with Crippen molar-refractivity contribution in [2.45, 2.75) is 18.9 Å². The number of carbonyl (C=O) groups excluding carboxylic acids is 1. The van der Waals surface area contributed by atoms with Gasteiger partial charge in [0.25, 0.3) is 5.91 Å². The minimum Gasteiger partial charge on any atom is -0.378 e. The molecule has 0 aliphatic carbocycles. The van der Waals surface area contributed by atoms with E-state index in [4.69, 9.17) is 24.4 Å². The molecule has 2 aliphatic rings. The van der Waals surface area contributed by atoms with Gasteiger partial charge in [0.2, 0.25) is 0 Å². The Morgan fingerprint density at radius 2 is 1.73 bits per heavy atom. The van der Waals surface area contributed by atoms with Gasteiger partial charge in [0.1, 0.15) is 0 Å². The van der Waals surface area contributed by atoms with E-state index in [1.807, 2.05) is 43.3 Å². The van der Waals surface area contributed by atoms with Crippen LogP contribution in [0.2, 0.25) is 0 Å². The quantitative estimate of drug-likeness (QED) is 0.814. The highest BCUT2D eigenvalue weighted by Gasteiger charge is 2.34. The summed E-state index contributed by atoms with van der Waals surface area (Å²) in [7, 11) is 4.00. The Hall–Kier alpha value is -1.79. The Kier molecular flexibility index (Phi) is 3.97. The molecule has 0 bridgehead atoms. The first-order chi connectivity index (χ1) is 10.5. The third-order valence-electron chi connectivity index (χ3n) is 3.96. The molecule has 6 heteroatoms. The summed E-state index contributed by atoms with van der Waals surface area (Å²) >= 11 is 10.5. The van der Waals surface area contributed by atoms with Crippen LogP contribution in [-0.4, -0.2) is 30.0 Å². The van der Waals surface area contributed by atoms with E-state index >= 15 is 0 Å². The Morgan fingerprint density at radius 3 is 2.36 bits per heavy atom. The molecule has 22 heavy (non-hydrogen) atoms. The maximum atomic E-state index is 12.4. The van der Waals surface area contributed by atoms with Crippen LogP contribution in [0.25, 0.3) is 0 Å². The predicted molar refractivity (Wildman–Crippen MR) is 96.2 cm³/mol. The minimum atomic E-state index is -0.199. The Labute approximate surface area is 140 Å². The van der Waals surface area contributed by atoms with Gasteiger partial charge in [-0.2, -0.15) is 0 Å². The topological polar surface area (TPSA) is 44.4 Å². The van der Waals surface area contributed by atoms with Crippen molar-refractivity contribution in [3.8, 4) is 0 Å². The normalized spacial score (nSPS) is 21.2. The summed E-state index contributed by atoms with van der Waals surface area (Å²) in [5, 5.41) is 6.05. The van der Waals surface area contributed by atoms with Gasteiger partial charge in [0.15, 0.2) is 0 Å². The summed E-state index contributed by atoms with van der Waals surface area (Å²) in [4.78, 5) is 15.7. The highest BCUT2D eigenvalue weighted by Crippen LogP contribution is 2.34. The number of hydrogen-bond donors (Lipinski definition) is 2. The number of thiocarbonyl (C=S) groups is 2. The van der Waals surface area contributed by atoms with Crippen molar-refractivity contribution < 1.29 is 4.79 Å². The van der Waals surface area contributed by atoms with Crippen LogP contribution in [0.15, 0.2) is 35.4 Å². The van der Waals surface area contributed by atoms with Crippen LogP contribution in [0.4, 0.5) is 5.69 Å². The fourth-order valence-electron chi connectivity index (χ4n) is 2.87. The molecule has 0 saturated heterocycles. The van der Waals surface area contributed by atoms with E-state index in [9.17, 15) is 4.79 Å². The average Bonchev–Trinajstić information content (AvgIpc) is 2.45. The summed E-state index contributed by atoms with van der Waals surface area (Å²) in [6.45, 7) is 0. The Morgan fingerprint density at radius 1 is 1.09 bits per heavy atom. The molecule has 4 nitrogen and oxygen atoms in total. The largest absolute Gasteiger partial charge is 0.378 e. The van der Waals surface area contributed by atoms with E-state index in [0.717, 1.165) is 27.4 Å². The number of nitrogens with one attached hydrogen (secondary N) is 2. The monoisotopic (exact) mass is 331 g/mol. The van der Waals surface area contributed by atoms with Crippen LogP contribution in [0, 0.1) is 0 Å². The molecule has 2 N–H and O–H groups in total. The standard InChI is InChI=1S/C16H17N3OS2/c1-19(2)11-5-3-9(4-6-11)15-14-10(7-12(21)17-15)8-13(22)18-16(14)20/h3-6,15H,7-8H2,1-2H3,(H,17,21)(H,18,20,22). The summed E-state index contributed by atoms with van der Waals surface area (Å²) in [6, 6.07) is 7.95. The molecule has 1 aromatic rings. The van der Waals surface area contributed by atoms with Crippen LogP contribution >= 0.6 is 24.4 Å². The molecule has 0 saturated carbocycles. The molecule has 3 rings (SSSR count). The molecule has 0 aromatic heterocycles. The smallest absolute Gasteiger partial charge is 0.254 e. The summed E-state index contributed by atoms with van der Waals surface area (Å²) in [5.74, 6) is -0.108. The lowest BCUT2D eigenvalue weighted by atomic mass is 9.86. The van der Waals surface area contributed by atoms with Gasteiger partial charge in [0.05, 0.1) is 16.0 Å². The molecule has 114 valence electrons. The molecular formula is C16H17N3OS2. The van der Waals surface area contributed by atoms with Gasteiger partial charge in [-0.25, -0.2) is 0 Å². The Balaban J connectivity index is 2.01. The molecule has 1 amide bonds. The number of benzene rings is 1. The molecule has 1 atom stereocenters. The lowest BCUT2D eigenvalue weighted by molar-refractivity contribution is -0.116. The minimum absolute atomic E-state index is 0.108. The van der Waals surface area contributed by atoms with Crippen LogP contribution < -0.4 is 15.5 Å². The predicted octanol–water partition coefficient (Wildman–Crippen LogP) is 2.26. The van der Waals surface area contributed by atoms with Crippen LogP contribution in [0.1, 0.15) is 24.4 Å². The summed E-state index contributed by atoms with van der Waals surface area (Å²) in [5.41, 5.74) is 3.95. The van der Waals surface area contributed by atoms with E-state index in [1.165, 1.54) is 0 Å². The second kappa shape index (κ2) is 5.78. The van der Waals surface area contributed by atoms with E-state index in [2.05, 4.69) is 10.6 Å². The Bertz CT molecular complexity index is 688. The SMILES string of the molecule is CN(C)c1ccc(C2NC(=S)CC3=C2C(=O)NC(=S)C3)cc1. The third kappa shape index (κ3) is 2.76. The van der Waals surface area contributed by atoms with Crippen molar-refractivity contribution >= 4 is 46.0 Å². The number of rotatable bonds is 2. The van der Waals surface area contributed by atoms with E-state index < -0.39 is 0 Å². The molecular weight excluding hydrogens is 314 g/mol. The fourth-order valence-corrected chi connectivity index (χ4v) is 3.43. The first-order valence-corrected chi connectivity index (χ1v) is 7.90. The number of amides is 1. The summed E-state index contributed by atoms with van der Waals surface area (Å²) < 4.78 is 0. The molecule has 1 aromatic carbocycles. The first-order valence-electron chi connectivity index (χ1n) is 7.08. The van der Waals surface area contributed by atoms with Gasteiger partial charge >= 0.3 is 0 Å². The van der Waals surface area contributed by atoms with E-state index in [1.54, 1.807) is 0 Å². The van der Waals surface area contributed by atoms with Gasteiger partial charge < -0.3 is 15.5 Å². The lowest BCUT2D eigenvalue weighted by Gasteiger charge is -2.33. The zero-order chi connectivity index (χ0) is 15.9. The van der Waals surface area contributed by atoms with Crippen molar-refractivity contribution in [3.05, 3.63) is 41.0 Å². The number of carbonyl (C=O) groups is 1. The maximum Gasteiger partial charge on any atom is 0.254 e. The summed E-state index contributed by atoms with van der Waals surface area (Å²) in [6.07, 6.45) is 1.23. The molecule has 2 aliphatic heterocycles. The fraction of sp³-hybridized carbons (Fsp3) is 0.312.